The summed E-state index contributed by atoms with van der Waals surface area (Å²) in [6, 6.07) is 4.01. The molecule has 0 saturated heterocycles. The first-order chi connectivity index (χ1) is 9.81. The van der Waals surface area contributed by atoms with Crippen LogP contribution in [0.15, 0.2) is 11.4 Å². The smallest absolute Gasteiger partial charge is 0.410 e. The van der Waals surface area contributed by atoms with E-state index in [4.69, 9.17) is 10.00 Å². The summed E-state index contributed by atoms with van der Waals surface area (Å²) in [5.74, 6) is 0. The van der Waals surface area contributed by atoms with E-state index in [2.05, 4.69) is 11.4 Å². The van der Waals surface area contributed by atoms with E-state index in [-0.39, 0.29) is 6.09 Å². The lowest BCUT2D eigenvalue weighted by atomic mass is 10.2. The first-order valence-electron chi connectivity index (χ1n) is 6.94. The summed E-state index contributed by atoms with van der Waals surface area (Å²) in [5.41, 5.74) is 0.253. The Hall–Kier alpha value is -1.58. The average Bonchev–Trinajstić information content (AvgIpc) is 2.84. The van der Waals surface area contributed by atoms with E-state index in [0.29, 0.717) is 12.1 Å². The molecule has 1 rings (SSSR count). The van der Waals surface area contributed by atoms with Gasteiger partial charge in [-0.05, 0) is 39.8 Å². The topological polar surface area (TPSA) is 65.4 Å². The van der Waals surface area contributed by atoms with Gasteiger partial charge in [-0.25, -0.2) is 4.79 Å². The van der Waals surface area contributed by atoms with Crippen molar-refractivity contribution in [1.82, 2.24) is 10.2 Å². The minimum Gasteiger partial charge on any atom is -0.444 e. The van der Waals surface area contributed by atoms with Crippen molar-refractivity contribution in [3.63, 3.8) is 0 Å². The maximum Gasteiger partial charge on any atom is 0.410 e. The Bertz CT molecular complexity index is 500. The molecule has 0 saturated carbocycles. The Morgan fingerprint density at radius 1 is 1.52 bits per heavy atom. The third kappa shape index (κ3) is 7.11. The predicted molar refractivity (Wildman–Crippen MR) is 84.2 cm³/mol. The zero-order valence-electron chi connectivity index (χ0n) is 13.1. The van der Waals surface area contributed by atoms with Crippen molar-refractivity contribution in [2.24, 2.45) is 0 Å². The average molecular weight is 309 g/mol. The Morgan fingerprint density at radius 2 is 2.24 bits per heavy atom. The van der Waals surface area contributed by atoms with Crippen molar-refractivity contribution in [1.29, 1.82) is 5.26 Å². The molecule has 1 aromatic heterocycles. The van der Waals surface area contributed by atoms with E-state index in [1.54, 1.807) is 23.3 Å². The number of amides is 1. The van der Waals surface area contributed by atoms with Crippen LogP contribution in [0, 0.1) is 11.3 Å². The lowest BCUT2D eigenvalue weighted by molar-refractivity contribution is 0.0297. The van der Waals surface area contributed by atoms with Gasteiger partial charge in [0.15, 0.2) is 0 Å². The van der Waals surface area contributed by atoms with Crippen LogP contribution >= 0.6 is 11.3 Å². The summed E-state index contributed by atoms with van der Waals surface area (Å²) in [6.07, 6.45) is 0.561. The van der Waals surface area contributed by atoms with Crippen molar-refractivity contribution >= 4 is 17.4 Å². The molecule has 0 bridgehead atoms. The van der Waals surface area contributed by atoms with Crippen LogP contribution in [0.2, 0.25) is 0 Å². The third-order valence-corrected chi connectivity index (χ3v) is 3.57. The normalized spacial score (nSPS) is 11.0. The van der Waals surface area contributed by atoms with Crippen LogP contribution < -0.4 is 5.32 Å². The Balaban J connectivity index is 2.16. The number of thiophene rings is 1. The number of nitrogens with zero attached hydrogens (tertiary/aromatic N) is 2. The molecule has 1 aromatic rings. The molecule has 6 heteroatoms. The SMILES string of the molecule is CN(CCCNCc1cc(C#N)cs1)C(=O)OC(C)(C)C. The lowest BCUT2D eigenvalue weighted by Gasteiger charge is -2.24. The fourth-order valence-electron chi connectivity index (χ4n) is 1.62. The van der Waals surface area contributed by atoms with Gasteiger partial charge >= 0.3 is 6.09 Å². The first kappa shape index (κ1) is 17.5. The molecule has 1 amide bonds. The van der Waals surface area contributed by atoms with Gasteiger partial charge < -0.3 is 15.0 Å². The number of carbonyl (C=O) groups excluding carboxylic acids is 1. The number of nitriles is 1. The fourth-order valence-corrected chi connectivity index (χ4v) is 2.40. The van der Waals surface area contributed by atoms with E-state index in [1.165, 1.54) is 0 Å². The van der Waals surface area contributed by atoms with Crippen molar-refractivity contribution in [3.05, 3.63) is 21.9 Å². The number of ether oxygens (including phenoxy) is 1. The molecule has 0 fully saturated rings. The minimum atomic E-state index is -0.457. The van der Waals surface area contributed by atoms with Crippen molar-refractivity contribution in [2.75, 3.05) is 20.1 Å². The lowest BCUT2D eigenvalue weighted by Crippen LogP contribution is -2.35. The second-order valence-electron chi connectivity index (χ2n) is 5.85. The van der Waals surface area contributed by atoms with E-state index >= 15 is 0 Å². The Morgan fingerprint density at radius 3 is 2.81 bits per heavy atom. The number of hydrogen-bond acceptors (Lipinski definition) is 5. The molecule has 1 heterocycles. The van der Waals surface area contributed by atoms with Crippen LogP contribution in [0.4, 0.5) is 4.79 Å². The molecule has 0 unspecified atom stereocenters. The molecule has 1 N–H and O–H groups in total. The Kier molecular flexibility index (Phi) is 6.66. The molecule has 21 heavy (non-hydrogen) atoms. The van der Waals surface area contributed by atoms with Gasteiger partial charge in [0.25, 0.3) is 0 Å². The summed E-state index contributed by atoms with van der Waals surface area (Å²) in [6.45, 7) is 7.79. The Labute approximate surface area is 130 Å². The fraction of sp³-hybridized carbons (Fsp3) is 0.600. The van der Waals surface area contributed by atoms with Crippen LogP contribution in [-0.2, 0) is 11.3 Å². The van der Waals surface area contributed by atoms with Gasteiger partial charge in [0, 0.05) is 30.4 Å². The van der Waals surface area contributed by atoms with Crippen LogP contribution in [-0.4, -0.2) is 36.7 Å². The molecule has 0 radical (unpaired) electrons. The molecular formula is C15H23N3O2S. The van der Waals surface area contributed by atoms with Gasteiger partial charge in [-0.15, -0.1) is 11.3 Å². The van der Waals surface area contributed by atoms with Gasteiger partial charge in [0.2, 0.25) is 0 Å². The molecule has 0 aromatic carbocycles. The maximum atomic E-state index is 11.7. The number of hydrogen-bond donors (Lipinski definition) is 1. The highest BCUT2D eigenvalue weighted by molar-refractivity contribution is 7.10. The van der Waals surface area contributed by atoms with Crippen molar-refractivity contribution < 1.29 is 9.53 Å². The van der Waals surface area contributed by atoms with E-state index < -0.39 is 5.60 Å². The predicted octanol–water partition coefficient (Wildman–Crippen LogP) is 2.97. The highest BCUT2D eigenvalue weighted by atomic mass is 32.1. The van der Waals surface area contributed by atoms with Crippen molar-refractivity contribution in [3.8, 4) is 6.07 Å². The van der Waals surface area contributed by atoms with Crippen LogP contribution in [0.5, 0.6) is 0 Å². The summed E-state index contributed by atoms with van der Waals surface area (Å²) >= 11 is 1.58. The zero-order chi connectivity index (χ0) is 15.9. The maximum absolute atomic E-state index is 11.7. The molecule has 5 nitrogen and oxygen atoms in total. The summed E-state index contributed by atoms with van der Waals surface area (Å²) < 4.78 is 5.28. The molecular weight excluding hydrogens is 286 g/mol. The second-order valence-corrected chi connectivity index (χ2v) is 6.84. The highest BCUT2D eigenvalue weighted by Crippen LogP contribution is 2.13. The standard InChI is InChI=1S/C15H23N3O2S/c1-15(2,3)20-14(19)18(4)7-5-6-17-10-13-8-12(9-16)11-21-13/h8,11,17H,5-7,10H2,1-4H3. The second kappa shape index (κ2) is 8.01. The largest absolute Gasteiger partial charge is 0.444 e. The third-order valence-electron chi connectivity index (χ3n) is 2.63. The van der Waals surface area contributed by atoms with Gasteiger partial charge in [0.05, 0.1) is 5.56 Å². The van der Waals surface area contributed by atoms with Gasteiger partial charge in [-0.3, -0.25) is 0 Å². The number of rotatable bonds is 6. The summed E-state index contributed by atoms with van der Waals surface area (Å²) in [4.78, 5) is 14.5. The van der Waals surface area contributed by atoms with Crippen molar-refractivity contribution in [2.45, 2.75) is 39.3 Å². The number of nitrogens with one attached hydrogen (secondary N) is 1. The number of carbonyl (C=O) groups is 1. The quantitative estimate of drug-likeness (QED) is 0.821. The summed E-state index contributed by atoms with van der Waals surface area (Å²) in [5, 5.41) is 13.9. The zero-order valence-corrected chi connectivity index (χ0v) is 13.9. The van der Waals surface area contributed by atoms with Gasteiger partial charge in [0.1, 0.15) is 11.7 Å². The molecule has 0 spiro atoms. The monoisotopic (exact) mass is 309 g/mol. The highest BCUT2D eigenvalue weighted by Gasteiger charge is 2.18. The minimum absolute atomic E-state index is 0.292. The first-order valence-corrected chi connectivity index (χ1v) is 7.82. The van der Waals surface area contributed by atoms with E-state index in [0.717, 1.165) is 24.4 Å². The van der Waals surface area contributed by atoms with Crippen LogP contribution in [0.25, 0.3) is 0 Å². The van der Waals surface area contributed by atoms with Gasteiger partial charge in [-0.1, -0.05) is 0 Å². The van der Waals surface area contributed by atoms with Crippen LogP contribution in [0.3, 0.4) is 0 Å². The molecule has 0 atom stereocenters. The summed E-state index contributed by atoms with van der Waals surface area (Å²) in [7, 11) is 1.74. The van der Waals surface area contributed by atoms with E-state index in [1.807, 2.05) is 32.2 Å². The molecule has 0 aliphatic heterocycles. The molecule has 116 valence electrons. The van der Waals surface area contributed by atoms with E-state index in [9.17, 15) is 4.79 Å². The molecule has 0 aliphatic carbocycles. The van der Waals surface area contributed by atoms with Crippen LogP contribution in [0.1, 0.15) is 37.6 Å². The molecule has 0 aliphatic rings. The van der Waals surface area contributed by atoms with Gasteiger partial charge in [-0.2, -0.15) is 5.26 Å².